The van der Waals surface area contributed by atoms with Crippen LogP contribution in [-0.2, 0) is 0 Å². The van der Waals surface area contributed by atoms with E-state index in [1.165, 1.54) is 6.07 Å². The van der Waals surface area contributed by atoms with E-state index in [2.05, 4.69) is 5.32 Å². The van der Waals surface area contributed by atoms with Crippen molar-refractivity contribution in [1.82, 2.24) is 0 Å². The molecule has 1 unspecified atom stereocenters. The van der Waals surface area contributed by atoms with E-state index in [9.17, 15) is 10.1 Å². The Kier molecular flexibility index (Phi) is 4.02. The van der Waals surface area contributed by atoms with Gasteiger partial charge in [-0.2, -0.15) is 0 Å². The minimum Gasteiger partial charge on any atom is -0.373 e. The summed E-state index contributed by atoms with van der Waals surface area (Å²) >= 11 is 5.83. The van der Waals surface area contributed by atoms with Crippen LogP contribution in [0.2, 0.25) is 5.02 Å². The van der Waals surface area contributed by atoms with Gasteiger partial charge in [-0.1, -0.05) is 35.9 Å². The number of hydrogen-bond donors (Lipinski definition) is 1. The molecule has 1 N–H and O–H groups in total. The highest BCUT2D eigenvalue weighted by molar-refractivity contribution is 6.30. The van der Waals surface area contributed by atoms with Crippen molar-refractivity contribution in [3.8, 4) is 0 Å². The Morgan fingerprint density at radius 2 is 1.79 bits per heavy atom. The van der Waals surface area contributed by atoms with Gasteiger partial charge in [0.2, 0.25) is 0 Å². The minimum atomic E-state index is -0.392. The zero-order chi connectivity index (χ0) is 13.8. The van der Waals surface area contributed by atoms with Crippen molar-refractivity contribution in [1.29, 1.82) is 0 Å². The normalized spacial score (nSPS) is 11.9. The molecule has 5 heteroatoms. The Hall–Kier alpha value is -2.07. The molecule has 98 valence electrons. The van der Waals surface area contributed by atoms with Crippen LogP contribution in [0.1, 0.15) is 18.5 Å². The second-order valence-corrected chi connectivity index (χ2v) is 4.63. The molecule has 19 heavy (non-hydrogen) atoms. The smallest absolute Gasteiger partial charge is 0.292 e. The summed E-state index contributed by atoms with van der Waals surface area (Å²) < 4.78 is 0. The van der Waals surface area contributed by atoms with Gasteiger partial charge in [0.1, 0.15) is 5.69 Å². The number of halogens is 1. The molecule has 0 bridgehead atoms. The molecule has 0 fully saturated rings. The zero-order valence-corrected chi connectivity index (χ0v) is 11.1. The van der Waals surface area contributed by atoms with Crippen LogP contribution < -0.4 is 5.32 Å². The SMILES string of the molecule is CC(Nc1ccccc1[N+](=O)[O-])c1ccc(Cl)cc1. The maximum absolute atomic E-state index is 10.9. The monoisotopic (exact) mass is 276 g/mol. The third-order valence-electron chi connectivity index (χ3n) is 2.84. The summed E-state index contributed by atoms with van der Waals surface area (Å²) in [4.78, 5) is 10.5. The average Bonchev–Trinajstić information content (AvgIpc) is 2.39. The van der Waals surface area contributed by atoms with Crippen LogP contribution in [0.4, 0.5) is 11.4 Å². The molecular formula is C14H13ClN2O2. The lowest BCUT2D eigenvalue weighted by Crippen LogP contribution is -2.08. The number of nitro groups is 1. The second-order valence-electron chi connectivity index (χ2n) is 4.19. The average molecular weight is 277 g/mol. The molecule has 0 aliphatic rings. The van der Waals surface area contributed by atoms with Gasteiger partial charge in [0.25, 0.3) is 5.69 Å². The molecule has 0 aliphatic heterocycles. The van der Waals surface area contributed by atoms with Crippen molar-refractivity contribution >= 4 is 23.0 Å². The lowest BCUT2D eigenvalue weighted by Gasteiger charge is -2.15. The lowest BCUT2D eigenvalue weighted by atomic mass is 10.1. The molecule has 2 rings (SSSR count). The first-order valence-electron chi connectivity index (χ1n) is 5.83. The van der Waals surface area contributed by atoms with Crippen LogP contribution in [0.3, 0.4) is 0 Å². The van der Waals surface area contributed by atoms with Gasteiger partial charge < -0.3 is 5.32 Å². The summed E-state index contributed by atoms with van der Waals surface area (Å²) in [6.07, 6.45) is 0. The van der Waals surface area contributed by atoms with Gasteiger partial charge in [0.05, 0.1) is 4.92 Å². The molecule has 2 aromatic rings. The summed E-state index contributed by atoms with van der Waals surface area (Å²) in [6.45, 7) is 1.94. The number of benzene rings is 2. The Morgan fingerprint density at radius 1 is 1.16 bits per heavy atom. The van der Waals surface area contributed by atoms with Gasteiger partial charge in [0.15, 0.2) is 0 Å². The van der Waals surface area contributed by atoms with Gasteiger partial charge in [-0.25, -0.2) is 0 Å². The molecule has 0 radical (unpaired) electrons. The van der Waals surface area contributed by atoms with Crippen LogP contribution in [0, 0.1) is 10.1 Å². The Balaban J connectivity index is 2.21. The highest BCUT2D eigenvalue weighted by Crippen LogP contribution is 2.27. The Morgan fingerprint density at radius 3 is 2.42 bits per heavy atom. The zero-order valence-electron chi connectivity index (χ0n) is 10.3. The van der Waals surface area contributed by atoms with Gasteiger partial charge in [-0.3, -0.25) is 10.1 Å². The van der Waals surface area contributed by atoms with Gasteiger partial charge in [-0.05, 0) is 30.7 Å². The fourth-order valence-corrected chi connectivity index (χ4v) is 1.95. The van der Waals surface area contributed by atoms with Crippen molar-refractivity contribution in [3.63, 3.8) is 0 Å². The fourth-order valence-electron chi connectivity index (χ4n) is 1.82. The number of nitrogens with zero attached hydrogens (tertiary/aromatic N) is 1. The first kappa shape index (κ1) is 13.4. The van der Waals surface area contributed by atoms with E-state index in [0.29, 0.717) is 10.7 Å². The third-order valence-corrected chi connectivity index (χ3v) is 3.09. The molecular weight excluding hydrogens is 264 g/mol. The highest BCUT2D eigenvalue weighted by atomic mass is 35.5. The van der Waals surface area contributed by atoms with E-state index in [0.717, 1.165) is 5.56 Å². The van der Waals surface area contributed by atoms with Crippen LogP contribution in [0.25, 0.3) is 0 Å². The molecule has 0 heterocycles. The molecule has 0 spiro atoms. The third kappa shape index (κ3) is 3.23. The van der Waals surface area contributed by atoms with E-state index in [1.54, 1.807) is 30.3 Å². The van der Waals surface area contributed by atoms with Crippen LogP contribution in [0.5, 0.6) is 0 Å². The van der Waals surface area contributed by atoms with E-state index in [-0.39, 0.29) is 11.7 Å². The number of para-hydroxylation sites is 2. The first-order chi connectivity index (χ1) is 9.08. The fraction of sp³-hybridized carbons (Fsp3) is 0.143. The van der Waals surface area contributed by atoms with Crippen molar-refractivity contribution in [2.75, 3.05) is 5.32 Å². The number of nitro benzene ring substituents is 1. The van der Waals surface area contributed by atoms with Gasteiger partial charge in [0, 0.05) is 17.1 Å². The molecule has 0 aliphatic carbocycles. The minimum absolute atomic E-state index is 0.0432. The van der Waals surface area contributed by atoms with E-state index >= 15 is 0 Å². The topological polar surface area (TPSA) is 55.2 Å². The van der Waals surface area contributed by atoms with Gasteiger partial charge in [-0.15, -0.1) is 0 Å². The summed E-state index contributed by atoms with van der Waals surface area (Å²) in [7, 11) is 0. The van der Waals surface area contributed by atoms with E-state index in [1.807, 2.05) is 19.1 Å². The maximum Gasteiger partial charge on any atom is 0.292 e. The second kappa shape index (κ2) is 5.71. The molecule has 4 nitrogen and oxygen atoms in total. The molecule has 0 saturated carbocycles. The molecule has 0 aromatic heterocycles. The summed E-state index contributed by atoms with van der Waals surface area (Å²) in [6, 6.07) is 14.0. The molecule has 0 amide bonds. The van der Waals surface area contributed by atoms with Crippen molar-refractivity contribution in [2.24, 2.45) is 0 Å². The van der Waals surface area contributed by atoms with Gasteiger partial charge >= 0.3 is 0 Å². The number of nitrogens with one attached hydrogen (secondary N) is 1. The number of anilines is 1. The van der Waals surface area contributed by atoms with E-state index < -0.39 is 4.92 Å². The van der Waals surface area contributed by atoms with Crippen LogP contribution in [0.15, 0.2) is 48.5 Å². The maximum atomic E-state index is 10.9. The quantitative estimate of drug-likeness (QED) is 0.664. The molecule has 2 aromatic carbocycles. The number of hydrogen-bond acceptors (Lipinski definition) is 3. The highest BCUT2D eigenvalue weighted by Gasteiger charge is 2.14. The largest absolute Gasteiger partial charge is 0.373 e. The number of rotatable bonds is 4. The predicted molar refractivity (Wildman–Crippen MR) is 76.6 cm³/mol. The standard InChI is InChI=1S/C14H13ClN2O2/c1-10(11-6-8-12(15)9-7-11)16-13-4-2-3-5-14(13)17(18)19/h2-10,16H,1H3. The van der Waals surface area contributed by atoms with Crippen LogP contribution >= 0.6 is 11.6 Å². The summed E-state index contributed by atoms with van der Waals surface area (Å²) in [5.41, 5.74) is 1.60. The Labute approximate surface area is 116 Å². The van der Waals surface area contributed by atoms with Crippen molar-refractivity contribution in [3.05, 3.63) is 69.2 Å². The first-order valence-corrected chi connectivity index (χ1v) is 6.21. The van der Waals surface area contributed by atoms with Crippen LogP contribution in [-0.4, -0.2) is 4.92 Å². The Bertz CT molecular complexity index is 584. The van der Waals surface area contributed by atoms with Crippen molar-refractivity contribution in [2.45, 2.75) is 13.0 Å². The lowest BCUT2D eigenvalue weighted by molar-refractivity contribution is -0.384. The van der Waals surface area contributed by atoms with E-state index in [4.69, 9.17) is 11.6 Å². The predicted octanol–water partition coefficient (Wildman–Crippen LogP) is 4.42. The summed E-state index contributed by atoms with van der Waals surface area (Å²) in [5, 5.41) is 14.7. The molecule has 1 atom stereocenters. The molecule has 0 saturated heterocycles. The summed E-state index contributed by atoms with van der Waals surface area (Å²) in [5.74, 6) is 0. The van der Waals surface area contributed by atoms with Crippen molar-refractivity contribution < 1.29 is 4.92 Å².